The summed E-state index contributed by atoms with van der Waals surface area (Å²) < 4.78 is 66.0. The van der Waals surface area contributed by atoms with Crippen molar-refractivity contribution in [3.8, 4) is 0 Å². The lowest BCUT2D eigenvalue weighted by Crippen LogP contribution is -2.20. The molecule has 0 spiro atoms. The zero-order chi connectivity index (χ0) is 15.3. The van der Waals surface area contributed by atoms with Crippen LogP contribution < -0.4 is 11.1 Å². The van der Waals surface area contributed by atoms with Crippen molar-refractivity contribution in [2.24, 2.45) is 5.73 Å². The summed E-state index contributed by atoms with van der Waals surface area (Å²) in [6.07, 6.45) is -4.44. The van der Waals surface area contributed by atoms with E-state index in [1.165, 1.54) is 0 Å². The van der Waals surface area contributed by atoms with Crippen LogP contribution in [0.5, 0.6) is 0 Å². The van der Waals surface area contributed by atoms with Crippen molar-refractivity contribution in [2.45, 2.75) is 6.18 Å². The Morgan fingerprint density at radius 3 is 2.45 bits per heavy atom. The van der Waals surface area contributed by atoms with Crippen LogP contribution in [0.1, 0.15) is 10.4 Å². The molecule has 0 aliphatic heterocycles. The summed E-state index contributed by atoms with van der Waals surface area (Å²) >= 11 is 0. The second-order valence-corrected chi connectivity index (χ2v) is 3.77. The molecule has 0 aromatic heterocycles. The van der Waals surface area contributed by atoms with Crippen molar-refractivity contribution < 1.29 is 31.5 Å². The molecule has 1 aromatic rings. The highest BCUT2D eigenvalue weighted by Gasteiger charge is 2.27. The van der Waals surface area contributed by atoms with Crippen LogP contribution in [0.4, 0.5) is 27.6 Å². The van der Waals surface area contributed by atoms with Crippen LogP contribution in [0.25, 0.3) is 0 Å². The Morgan fingerprint density at radius 2 is 1.90 bits per heavy atom. The van der Waals surface area contributed by atoms with Crippen LogP contribution in [0.3, 0.4) is 0 Å². The van der Waals surface area contributed by atoms with Gasteiger partial charge < -0.3 is 15.8 Å². The summed E-state index contributed by atoms with van der Waals surface area (Å²) in [5, 5.41) is 2.38. The van der Waals surface area contributed by atoms with Crippen LogP contribution in [0.15, 0.2) is 12.1 Å². The number of carbonyl (C=O) groups is 1. The number of primary amides is 1. The monoisotopic (exact) mass is 298 g/mol. The van der Waals surface area contributed by atoms with Crippen LogP contribution in [0, 0.1) is 11.6 Å². The molecule has 20 heavy (non-hydrogen) atoms. The highest BCUT2D eigenvalue weighted by atomic mass is 19.4. The van der Waals surface area contributed by atoms with E-state index >= 15 is 0 Å². The number of nitrogens with two attached hydrogens (primary N) is 1. The van der Waals surface area contributed by atoms with E-state index < -0.39 is 35.9 Å². The van der Waals surface area contributed by atoms with E-state index in [0.717, 1.165) is 6.07 Å². The molecule has 3 N–H and O–H groups in total. The molecule has 4 nitrogen and oxygen atoms in total. The van der Waals surface area contributed by atoms with Crippen molar-refractivity contribution in [2.75, 3.05) is 25.1 Å². The standard InChI is InChI=1S/C11H11F5N2O2/c12-7-4-8(13)9(3-6(7)10(17)19)18-1-2-20-5-11(14,15)16/h3-4,18H,1-2,5H2,(H2,17,19). The Kier molecular flexibility index (Phi) is 5.26. The zero-order valence-electron chi connectivity index (χ0n) is 10.1. The quantitative estimate of drug-likeness (QED) is 0.624. The van der Waals surface area contributed by atoms with Gasteiger partial charge in [0.15, 0.2) is 0 Å². The lowest BCUT2D eigenvalue weighted by molar-refractivity contribution is -0.172. The van der Waals surface area contributed by atoms with Gasteiger partial charge in [-0.1, -0.05) is 0 Å². The first-order valence-corrected chi connectivity index (χ1v) is 5.38. The van der Waals surface area contributed by atoms with Gasteiger partial charge in [0, 0.05) is 12.6 Å². The van der Waals surface area contributed by atoms with E-state index in [1.54, 1.807) is 0 Å². The van der Waals surface area contributed by atoms with Crippen LogP contribution in [-0.2, 0) is 4.74 Å². The first-order chi connectivity index (χ1) is 9.20. The number of halogens is 5. The van der Waals surface area contributed by atoms with Gasteiger partial charge in [-0.3, -0.25) is 4.79 Å². The van der Waals surface area contributed by atoms with Gasteiger partial charge in [-0.15, -0.1) is 0 Å². The third-order valence-corrected chi connectivity index (χ3v) is 2.15. The van der Waals surface area contributed by atoms with E-state index in [4.69, 9.17) is 5.73 Å². The molecule has 1 amide bonds. The predicted molar refractivity (Wildman–Crippen MR) is 60.2 cm³/mol. The van der Waals surface area contributed by atoms with Crippen molar-refractivity contribution in [3.05, 3.63) is 29.3 Å². The fourth-order valence-electron chi connectivity index (χ4n) is 1.32. The van der Waals surface area contributed by atoms with Crippen molar-refractivity contribution in [1.29, 1.82) is 0 Å². The van der Waals surface area contributed by atoms with E-state index in [-0.39, 0.29) is 18.8 Å². The SMILES string of the molecule is NC(=O)c1cc(NCCOCC(F)(F)F)c(F)cc1F. The topological polar surface area (TPSA) is 64.4 Å². The third kappa shape index (κ3) is 5.00. The Labute approximate surface area is 110 Å². The number of nitrogens with one attached hydrogen (secondary N) is 1. The smallest absolute Gasteiger partial charge is 0.380 e. The number of amides is 1. The molecule has 0 aliphatic carbocycles. The van der Waals surface area contributed by atoms with E-state index in [0.29, 0.717) is 6.07 Å². The van der Waals surface area contributed by atoms with Gasteiger partial charge in [-0.05, 0) is 6.07 Å². The maximum atomic E-state index is 13.3. The predicted octanol–water partition coefficient (Wildman–Crippen LogP) is 2.05. The van der Waals surface area contributed by atoms with Crippen molar-refractivity contribution in [1.82, 2.24) is 0 Å². The Morgan fingerprint density at radius 1 is 1.25 bits per heavy atom. The molecule has 1 rings (SSSR count). The molecule has 0 fully saturated rings. The fraction of sp³-hybridized carbons (Fsp3) is 0.364. The number of rotatable bonds is 6. The largest absolute Gasteiger partial charge is 0.411 e. The first-order valence-electron chi connectivity index (χ1n) is 5.38. The summed E-state index contributed by atoms with van der Waals surface area (Å²) in [5.41, 5.74) is 4.10. The third-order valence-electron chi connectivity index (χ3n) is 2.15. The van der Waals surface area contributed by atoms with Gasteiger partial charge in [0.25, 0.3) is 5.91 Å². The number of hydrogen-bond acceptors (Lipinski definition) is 3. The Hall–Kier alpha value is -1.90. The van der Waals surface area contributed by atoms with Gasteiger partial charge in [-0.25, -0.2) is 8.78 Å². The molecule has 112 valence electrons. The molecule has 0 saturated heterocycles. The van der Waals surface area contributed by atoms with Crippen molar-refractivity contribution >= 4 is 11.6 Å². The van der Waals surface area contributed by atoms with Gasteiger partial charge in [0.05, 0.1) is 17.9 Å². The Balaban J connectivity index is 2.56. The van der Waals surface area contributed by atoms with E-state index in [1.807, 2.05) is 0 Å². The molecule has 0 unspecified atom stereocenters. The normalized spacial score (nSPS) is 11.4. The summed E-state index contributed by atoms with van der Waals surface area (Å²) in [7, 11) is 0. The van der Waals surface area contributed by atoms with Crippen molar-refractivity contribution in [3.63, 3.8) is 0 Å². The highest BCUT2D eigenvalue weighted by molar-refractivity contribution is 5.94. The van der Waals surface area contributed by atoms with Gasteiger partial charge in [-0.2, -0.15) is 13.2 Å². The number of hydrogen-bond donors (Lipinski definition) is 2. The molecule has 0 heterocycles. The minimum Gasteiger partial charge on any atom is -0.380 e. The van der Waals surface area contributed by atoms with Crippen LogP contribution in [0.2, 0.25) is 0 Å². The summed E-state index contributed by atoms with van der Waals surface area (Å²) in [4.78, 5) is 10.9. The maximum absolute atomic E-state index is 13.3. The highest BCUT2D eigenvalue weighted by Crippen LogP contribution is 2.19. The number of benzene rings is 1. The maximum Gasteiger partial charge on any atom is 0.411 e. The summed E-state index contributed by atoms with van der Waals surface area (Å²) in [6, 6.07) is 1.30. The van der Waals surface area contributed by atoms with E-state index in [2.05, 4.69) is 10.1 Å². The molecular weight excluding hydrogens is 287 g/mol. The second kappa shape index (κ2) is 6.51. The molecule has 0 radical (unpaired) electrons. The van der Waals surface area contributed by atoms with Gasteiger partial charge >= 0.3 is 6.18 Å². The van der Waals surface area contributed by atoms with E-state index in [9.17, 15) is 26.7 Å². The minimum atomic E-state index is -4.44. The second-order valence-electron chi connectivity index (χ2n) is 3.77. The lowest BCUT2D eigenvalue weighted by Gasteiger charge is -2.11. The summed E-state index contributed by atoms with van der Waals surface area (Å²) in [5.74, 6) is -3.20. The number of ether oxygens (including phenoxy) is 1. The molecule has 0 bridgehead atoms. The fourth-order valence-corrected chi connectivity index (χ4v) is 1.32. The minimum absolute atomic E-state index is 0.156. The molecule has 0 aliphatic rings. The first kappa shape index (κ1) is 16.2. The van der Waals surface area contributed by atoms with Crippen LogP contribution in [-0.4, -0.2) is 31.8 Å². The number of carbonyl (C=O) groups excluding carboxylic acids is 1. The molecule has 9 heteroatoms. The molecule has 0 saturated carbocycles. The number of anilines is 1. The molecular formula is C11H11F5N2O2. The Bertz CT molecular complexity index is 490. The van der Waals surface area contributed by atoms with Gasteiger partial charge in [0.1, 0.15) is 18.2 Å². The molecule has 0 atom stereocenters. The van der Waals surface area contributed by atoms with Crippen LogP contribution >= 0.6 is 0 Å². The lowest BCUT2D eigenvalue weighted by atomic mass is 10.1. The summed E-state index contributed by atoms with van der Waals surface area (Å²) in [6.45, 7) is -1.92. The average molecular weight is 298 g/mol. The zero-order valence-corrected chi connectivity index (χ0v) is 10.1. The number of alkyl halides is 3. The van der Waals surface area contributed by atoms with Gasteiger partial charge in [0.2, 0.25) is 0 Å². The average Bonchev–Trinajstić information content (AvgIpc) is 2.29. The molecule has 1 aromatic carbocycles.